The first-order valence-corrected chi connectivity index (χ1v) is 8.27. The van der Waals surface area contributed by atoms with Gasteiger partial charge in [-0.05, 0) is 12.1 Å². The molecule has 1 aromatic heterocycles. The Labute approximate surface area is 151 Å². The number of nitrogens with zero attached hydrogens (tertiary/aromatic N) is 4. The lowest BCUT2D eigenvalue weighted by Gasteiger charge is -2.07. The highest BCUT2D eigenvalue weighted by Crippen LogP contribution is 2.26. The molecule has 3 rings (SSSR count). The van der Waals surface area contributed by atoms with Crippen LogP contribution in [0.25, 0.3) is 0 Å². The third-order valence-corrected chi connectivity index (χ3v) is 4.36. The van der Waals surface area contributed by atoms with Crippen molar-refractivity contribution in [1.29, 1.82) is 0 Å². The van der Waals surface area contributed by atoms with Gasteiger partial charge in [0, 0.05) is 24.9 Å². The number of nitro groups is 1. The van der Waals surface area contributed by atoms with Gasteiger partial charge in [-0.3, -0.25) is 19.7 Å². The maximum atomic E-state index is 12.2. The van der Waals surface area contributed by atoms with E-state index in [-0.39, 0.29) is 29.7 Å². The van der Waals surface area contributed by atoms with Crippen molar-refractivity contribution < 1.29 is 14.5 Å². The van der Waals surface area contributed by atoms with Gasteiger partial charge in [-0.2, -0.15) is 4.99 Å². The number of aromatic nitrogens is 2. The largest absolute Gasteiger partial charge is 0.320 e. The van der Waals surface area contributed by atoms with E-state index in [0.717, 1.165) is 11.8 Å². The van der Waals surface area contributed by atoms with E-state index in [2.05, 4.69) is 25.6 Å². The summed E-state index contributed by atoms with van der Waals surface area (Å²) >= 11 is 1.08. The highest BCUT2D eigenvalue weighted by atomic mass is 32.2. The molecule has 1 saturated heterocycles. The minimum Gasteiger partial charge on any atom is -0.320 e. The number of anilines is 1. The third-order valence-electron chi connectivity index (χ3n) is 3.28. The van der Waals surface area contributed by atoms with Crippen LogP contribution in [-0.4, -0.2) is 37.1 Å². The molecule has 11 heteroatoms. The van der Waals surface area contributed by atoms with Crippen LogP contribution in [0.5, 0.6) is 0 Å². The fourth-order valence-corrected chi connectivity index (χ4v) is 3.10. The van der Waals surface area contributed by atoms with Crippen molar-refractivity contribution in [3.8, 4) is 0 Å². The van der Waals surface area contributed by atoms with Crippen LogP contribution in [0.15, 0.2) is 47.7 Å². The quantitative estimate of drug-likeness (QED) is 0.600. The zero-order chi connectivity index (χ0) is 18.5. The Morgan fingerprint density at radius 1 is 1.31 bits per heavy atom. The first-order chi connectivity index (χ1) is 12.5. The van der Waals surface area contributed by atoms with Crippen LogP contribution < -0.4 is 10.6 Å². The van der Waals surface area contributed by atoms with Gasteiger partial charge in [0.05, 0.1) is 4.92 Å². The average molecular weight is 372 g/mol. The Balaban J connectivity index is 1.64. The van der Waals surface area contributed by atoms with E-state index in [1.807, 2.05) is 0 Å². The molecule has 1 aliphatic rings. The highest BCUT2D eigenvalue weighted by Gasteiger charge is 2.32. The Morgan fingerprint density at radius 2 is 2.04 bits per heavy atom. The summed E-state index contributed by atoms with van der Waals surface area (Å²) in [7, 11) is 0. The maximum absolute atomic E-state index is 12.2. The summed E-state index contributed by atoms with van der Waals surface area (Å²) < 4.78 is 0. The van der Waals surface area contributed by atoms with Gasteiger partial charge in [-0.15, -0.1) is 0 Å². The number of carbonyl (C=O) groups excluding carboxylic acids is 2. The number of thioether (sulfide) groups is 1. The van der Waals surface area contributed by atoms with Crippen LogP contribution in [0.2, 0.25) is 0 Å². The van der Waals surface area contributed by atoms with Crippen molar-refractivity contribution in [3.63, 3.8) is 0 Å². The molecule has 1 aromatic carbocycles. The number of amides is 2. The zero-order valence-electron chi connectivity index (χ0n) is 13.2. The van der Waals surface area contributed by atoms with Gasteiger partial charge in [0.15, 0.2) is 5.17 Å². The SMILES string of the molecule is O=C(CC1S/C(=N\c2ncccn2)NC1=O)Nc1ccccc1[N+](=O)[O-]. The first-order valence-electron chi connectivity index (χ1n) is 7.39. The Bertz CT molecular complexity index is 889. The topological polar surface area (TPSA) is 139 Å². The fraction of sp³-hybridized carbons (Fsp3) is 0.133. The molecule has 1 fully saturated rings. The molecule has 26 heavy (non-hydrogen) atoms. The molecule has 2 aromatic rings. The second kappa shape index (κ2) is 7.70. The van der Waals surface area contributed by atoms with E-state index in [1.54, 1.807) is 12.1 Å². The number of amidine groups is 1. The molecule has 132 valence electrons. The highest BCUT2D eigenvalue weighted by molar-refractivity contribution is 8.15. The van der Waals surface area contributed by atoms with Crippen molar-refractivity contribution in [2.45, 2.75) is 11.7 Å². The first kappa shape index (κ1) is 17.5. The summed E-state index contributed by atoms with van der Waals surface area (Å²) in [6, 6.07) is 7.43. The smallest absolute Gasteiger partial charge is 0.292 e. The van der Waals surface area contributed by atoms with Crippen molar-refractivity contribution in [2.24, 2.45) is 4.99 Å². The summed E-state index contributed by atoms with van der Waals surface area (Å²) in [5.41, 5.74) is -0.134. The van der Waals surface area contributed by atoms with Gasteiger partial charge >= 0.3 is 0 Å². The normalized spacial score (nSPS) is 17.8. The van der Waals surface area contributed by atoms with Gasteiger partial charge < -0.3 is 10.6 Å². The number of para-hydroxylation sites is 2. The van der Waals surface area contributed by atoms with Crippen LogP contribution in [0.3, 0.4) is 0 Å². The number of hydrogen-bond donors (Lipinski definition) is 2. The van der Waals surface area contributed by atoms with Gasteiger partial charge in [0.25, 0.3) is 11.6 Å². The predicted molar refractivity (Wildman–Crippen MR) is 95.0 cm³/mol. The van der Waals surface area contributed by atoms with Gasteiger partial charge in [-0.25, -0.2) is 9.97 Å². The lowest BCUT2D eigenvalue weighted by molar-refractivity contribution is -0.383. The molecule has 1 unspecified atom stereocenters. The van der Waals surface area contributed by atoms with Crippen LogP contribution in [-0.2, 0) is 9.59 Å². The Morgan fingerprint density at radius 3 is 2.77 bits per heavy atom. The molecular weight excluding hydrogens is 360 g/mol. The number of nitrogens with one attached hydrogen (secondary N) is 2. The van der Waals surface area contributed by atoms with Crippen molar-refractivity contribution in [1.82, 2.24) is 15.3 Å². The molecule has 0 spiro atoms. The minimum absolute atomic E-state index is 0.0810. The van der Waals surface area contributed by atoms with E-state index in [4.69, 9.17) is 0 Å². The van der Waals surface area contributed by atoms with Crippen LogP contribution >= 0.6 is 11.8 Å². The van der Waals surface area contributed by atoms with E-state index in [1.165, 1.54) is 30.6 Å². The number of hydrogen-bond acceptors (Lipinski definition) is 8. The molecule has 2 N–H and O–H groups in total. The fourth-order valence-electron chi connectivity index (χ4n) is 2.14. The molecule has 2 heterocycles. The van der Waals surface area contributed by atoms with Gasteiger partial charge in [-0.1, -0.05) is 23.9 Å². The van der Waals surface area contributed by atoms with Gasteiger partial charge in [0.2, 0.25) is 11.8 Å². The second-order valence-electron chi connectivity index (χ2n) is 5.09. The molecule has 0 saturated carbocycles. The number of nitro benzene ring substituents is 1. The number of aliphatic imine (C=N–C) groups is 1. The number of rotatable bonds is 5. The standard InChI is InChI=1S/C15H12N6O4S/c22-12(18-9-4-1-2-5-10(9)21(24)25)8-11-13(23)19-15(26-11)20-14-16-6-3-7-17-14/h1-7,11H,8H2,(H,18,22)(H,16,17,19,20,23). The lowest BCUT2D eigenvalue weighted by Crippen LogP contribution is -2.28. The van der Waals surface area contributed by atoms with E-state index in [9.17, 15) is 19.7 Å². The van der Waals surface area contributed by atoms with Crippen LogP contribution in [0, 0.1) is 10.1 Å². The van der Waals surface area contributed by atoms with Crippen LogP contribution in [0.4, 0.5) is 17.3 Å². The lowest BCUT2D eigenvalue weighted by atomic mass is 10.2. The minimum atomic E-state index is -0.694. The van der Waals surface area contributed by atoms with Crippen molar-refractivity contribution >= 4 is 46.1 Å². The Kier molecular flexibility index (Phi) is 5.17. The van der Waals surface area contributed by atoms with E-state index in [0.29, 0.717) is 5.17 Å². The molecular formula is C15H12N6O4S. The summed E-state index contributed by atoms with van der Waals surface area (Å²) in [5.74, 6) is -0.688. The molecule has 2 amide bonds. The van der Waals surface area contributed by atoms with Crippen molar-refractivity contribution in [2.75, 3.05) is 5.32 Å². The average Bonchev–Trinajstić information content (AvgIpc) is 2.95. The summed E-state index contributed by atoms with van der Waals surface area (Å²) in [5, 5.41) is 15.6. The molecule has 0 bridgehead atoms. The van der Waals surface area contributed by atoms with Crippen molar-refractivity contribution in [3.05, 3.63) is 52.8 Å². The molecule has 10 nitrogen and oxygen atoms in total. The zero-order valence-corrected chi connectivity index (χ0v) is 14.0. The summed E-state index contributed by atoms with van der Waals surface area (Å²) in [4.78, 5) is 46.5. The molecule has 0 aliphatic carbocycles. The maximum Gasteiger partial charge on any atom is 0.292 e. The summed E-state index contributed by atoms with van der Waals surface area (Å²) in [6.07, 6.45) is 2.88. The molecule has 1 aliphatic heterocycles. The predicted octanol–water partition coefficient (Wildman–Crippen LogP) is 1.63. The molecule has 0 radical (unpaired) electrons. The van der Waals surface area contributed by atoms with E-state index < -0.39 is 16.1 Å². The monoisotopic (exact) mass is 372 g/mol. The van der Waals surface area contributed by atoms with Crippen LogP contribution in [0.1, 0.15) is 6.42 Å². The summed E-state index contributed by atoms with van der Waals surface area (Å²) in [6.45, 7) is 0. The van der Waals surface area contributed by atoms with Gasteiger partial charge in [0.1, 0.15) is 10.9 Å². The molecule has 1 atom stereocenters. The second-order valence-corrected chi connectivity index (χ2v) is 6.28. The third kappa shape index (κ3) is 4.19. The number of carbonyl (C=O) groups is 2. The van der Waals surface area contributed by atoms with E-state index >= 15 is 0 Å². The number of benzene rings is 1. The Hall–Kier alpha value is -3.34.